The SMILES string of the molecule is NC(C(=O)N1CCc2ccc(O)cc2C1)c1cccs1. The van der Waals surface area contributed by atoms with Crippen molar-refractivity contribution in [3.05, 3.63) is 51.7 Å². The van der Waals surface area contributed by atoms with Crippen LogP contribution in [0.2, 0.25) is 0 Å². The molecule has 0 fully saturated rings. The van der Waals surface area contributed by atoms with Crippen molar-refractivity contribution in [2.75, 3.05) is 6.54 Å². The van der Waals surface area contributed by atoms with Gasteiger partial charge in [0.1, 0.15) is 11.8 Å². The van der Waals surface area contributed by atoms with E-state index < -0.39 is 6.04 Å². The number of benzene rings is 1. The Balaban J connectivity index is 1.78. The second-order valence-electron chi connectivity index (χ2n) is 4.96. The summed E-state index contributed by atoms with van der Waals surface area (Å²) in [6.07, 6.45) is 0.804. The van der Waals surface area contributed by atoms with Gasteiger partial charge in [-0.2, -0.15) is 0 Å². The number of nitrogens with zero attached hydrogens (tertiary/aromatic N) is 1. The lowest BCUT2D eigenvalue weighted by Crippen LogP contribution is -2.41. The molecule has 0 aliphatic carbocycles. The van der Waals surface area contributed by atoms with E-state index in [1.54, 1.807) is 17.0 Å². The monoisotopic (exact) mass is 288 g/mol. The van der Waals surface area contributed by atoms with E-state index in [9.17, 15) is 9.90 Å². The molecule has 5 heteroatoms. The predicted molar refractivity (Wildman–Crippen MR) is 78.5 cm³/mol. The summed E-state index contributed by atoms with van der Waals surface area (Å²) < 4.78 is 0. The third-order valence-electron chi connectivity index (χ3n) is 3.63. The van der Waals surface area contributed by atoms with Gasteiger partial charge in [0.15, 0.2) is 0 Å². The van der Waals surface area contributed by atoms with Crippen molar-refractivity contribution in [1.29, 1.82) is 0 Å². The van der Waals surface area contributed by atoms with E-state index in [0.717, 1.165) is 16.9 Å². The van der Waals surface area contributed by atoms with E-state index in [0.29, 0.717) is 13.1 Å². The molecule has 2 heterocycles. The van der Waals surface area contributed by atoms with E-state index in [2.05, 4.69) is 0 Å². The number of hydrogen-bond donors (Lipinski definition) is 2. The molecule has 1 atom stereocenters. The lowest BCUT2D eigenvalue weighted by molar-refractivity contribution is -0.133. The molecule has 0 radical (unpaired) electrons. The topological polar surface area (TPSA) is 66.6 Å². The largest absolute Gasteiger partial charge is 0.508 e. The minimum atomic E-state index is -0.589. The van der Waals surface area contributed by atoms with Crippen LogP contribution in [-0.4, -0.2) is 22.5 Å². The number of phenols is 1. The van der Waals surface area contributed by atoms with Gasteiger partial charge in [-0.1, -0.05) is 12.1 Å². The van der Waals surface area contributed by atoms with Gasteiger partial charge in [-0.25, -0.2) is 0 Å². The first-order chi connectivity index (χ1) is 9.65. The van der Waals surface area contributed by atoms with Crippen molar-refractivity contribution in [3.63, 3.8) is 0 Å². The van der Waals surface area contributed by atoms with Gasteiger partial charge in [-0.05, 0) is 41.1 Å². The van der Waals surface area contributed by atoms with Crippen LogP contribution in [0.3, 0.4) is 0 Å². The number of rotatable bonds is 2. The Morgan fingerprint density at radius 2 is 2.20 bits per heavy atom. The van der Waals surface area contributed by atoms with E-state index in [-0.39, 0.29) is 11.7 Å². The molecule has 2 aromatic rings. The van der Waals surface area contributed by atoms with Crippen LogP contribution in [0.5, 0.6) is 5.75 Å². The molecule has 1 amide bonds. The van der Waals surface area contributed by atoms with Gasteiger partial charge in [-0.15, -0.1) is 11.3 Å². The Bertz CT molecular complexity index is 625. The number of hydrogen-bond acceptors (Lipinski definition) is 4. The quantitative estimate of drug-likeness (QED) is 0.888. The summed E-state index contributed by atoms with van der Waals surface area (Å²) in [5.74, 6) is 0.182. The highest BCUT2D eigenvalue weighted by Crippen LogP contribution is 2.26. The summed E-state index contributed by atoms with van der Waals surface area (Å²) in [7, 11) is 0. The molecular formula is C15H16N2O2S. The standard InChI is InChI=1S/C15H16N2O2S/c16-14(13-2-1-7-20-13)15(19)17-6-5-10-3-4-12(18)8-11(10)9-17/h1-4,7-8,14,18H,5-6,9,16H2. The van der Waals surface area contributed by atoms with Crippen LogP contribution < -0.4 is 5.73 Å². The minimum absolute atomic E-state index is 0.0542. The number of carbonyl (C=O) groups excluding carboxylic acids is 1. The zero-order valence-electron chi connectivity index (χ0n) is 11.0. The first-order valence-electron chi connectivity index (χ1n) is 6.53. The fraction of sp³-hybridized carbons (Fsp3) is 0.267. The van der Waals surface area contributed by atoms with Gasteiger partial charge in [0.25, 0.3) is 0 Å². The average Bonchev–Trinajstić information content (AvgIpc) is 2.99. The van der Waals surface area contributed by atoms with Crippen molar-refractivity contribution in [1.82, 2.24) is 4.90 Å². The van der Waals surface area contributed by atoms with Gasteiger partial charge in [0.2, 0.25) is 5.91 Å². The summed E-state index contributed by atoms with van der Waals surface area (Å²) in [5.41, 5.74) is 8.23. The molecule has 1 aliphatic heterocycles. The Kier molecular flexibility index (Phi) is 3.46. The zero-order chi connectivity index (χ0) is 14.1. The number of carbonyl (C=O) groups is 1. The number of nitrogens with two attached hydrogens (primary N) is 1. The van der Waals surface area contributed by atoms with Crippen LogP contribution in [0, 0.1) is 0 Å². The maximum absolute atomic E-state index is 12.4. The van der Waals surface area contributed by atoms with Crippen molar-refractivity contribution < 1.29 is 9.90 Å². The molecule has 1 unspecified atom stereocenters. The highest BCUT2D eigenvalue weighted by molar-refractivity contribution is 7.10. The van der Waals surface area contributed by atoms with Gasteiger partial charge in [0.05, 0.1) is 0 Å². The average molecular weight is 288 g/mol. The van der Waals surface area contributed by atoms with Gasteiger partial charge >= 0.3 is 0 Å². The molecule has 0 saturated heterocycles. The molecule has 0 saturated carbocycles. The van der Waals surface area contributed by atoms with E-state index >= 15 is 0 Å². The number of thiophene rings is 1. The number of amides is 1. The van der Waals surface area contributed by atoms with Crippen LogP contribution in [0.25, 0.3) is 0 Å². The third-order valence-corrected chi connectivity index (χ3v) is 4.58. The normalized spacial score (nSPS) is 15.8. The second-order valence-corrected chi connectivity index (χ2v) is 5.94. The molecule has 0 bridgehead atoms. The molecule has 3 rings (SSSR count). The third kappa shape index (κ3) is 2.42. The number of fused-ring (bicyclic) bond motifs is 1. The summed E-state index contributed by atoms with van der Waals surface area (Å²) in [4.78, 5) is 15.1. The Morgan fingerprint density at radius 3 is 2.95 bits per heavy atom. The smallest absolute Gasteiger partial charge is 0.245 e. The van der Waals surface area contributed by atoms with E-state index in [1.807, 2.05) is 23.6 Å². The summed E-state index contributed by atoms with van der Waals surface area (Å²) in [5, 5.41) is 11.5. The molecule has 0 spiro atoms. The van der Waals surface area contributed by atoms with Crippen molar-refractivity contribution in [3.8, 4) is 5.75 Å². The zero-order valence-corrected chi connectivity index (χ0v) is 11.8. The Hall–Kier alpha value is -1.85. The first kappa shape index (κ1) is 13.1. The lowest BCUT2D eigenvalue weighted by Gasteiger charge is -2.30. The Morgan fingerprint density at radius 1 is 1.35 bits per heavy atom. The second kappa shape index (κ2) is 5.26. The molecule has 1 aliphatic rings. The number of aromatic hydroxyl groups is 1. The van der Waals surface area contributed by atoms with Crippen LogP contribution in [0.1, 0.15) is 22.0 Å². The summed E-state index contributed by atoms with van der Waals surface area (Å²) in [6.45, 7) is 1.19. The molecule has 104 valence electrons. The van der Waals surface area contributed by atoms with Gasteiger partial charge in [-0.3, -0.25) is 4.79 Å². The van der Waals surface area contributed by atoms with Gasteiger partial charge in [0, 0.05) is 18.0 Å². The highest BCUT2D eigenvalue weighted by Gasteiger charge is 2.26. The first-order valence-corrected chi connectivity index (χ1v) is 7.41. The van der Waals surface area contributed by atoms with E-state index in [4.69, 9.17) is 5.73 Å². The predicted octanol–water partition coefficient (Wildman–Crippen LogP) is 2.04. The minimum Gasteiger partial charge on any atom is -0.508 e. The fourth-order valence-electron chi connectivity index (χ4n) is 2.52. The van der Waals surface area contributed by atoms with Crippen LogP contribution in [0.4, 0.5) is 0 Å². The molecular weight excluding hydrogens is 272 g/mol. The summed E-state index contributed by atoms with van der Waals surface area (Å²) >= 11 is 1.50. The molecule has 3 N–H and O–H groups in total. The maximum Gasteiger partial charge on any atom is 0.245 e. The molecule has 1 aromatic heterocycles. The van der Waals surface area contributed by atoms with Crippen LogP contribution in [-0.2, 0) is 17.8 Å². The van der Waals surface area contributed by atoms with Crippen molar-refractivity contribution >= 4 is 17.2 Å². The molecule has 1 aromatic carbocycles. The molecule has 20 heavy (non-hydrogen) atoms. The Labute approximate surface area is 121 Å². The fourth-order valence-corrected chi connectivity index (χ4v) is 3.24. The number of phenolic OH excluding ortho intramolecular Hbond substituents is 1. The van der Waals surface area contributed by atoms with Crippen molar-refractivity contribution in [2.24, 2.45) is 5.73 Å². The van der Waals surface area contributed by atoms with Crippen molar-refractivity contribution in [2.45, 2.75) is 19.0 Å². The lowest BCUT2D eigenvalue weighted by atomic mass is 9.99. The van der Waals surface area contributed by atoms with E-state index in [1.165, 1.54) is 16.9 Å². The summed E-state index contributed by atoms with van der Waals surface area (Å²) in [6, 6.07) is 8.53. The molecule has 4 nitrogen and oxygen atoms in total. The van der Waals surface area contributed by atoms with Crippen LogP contribution in [0.15, 0.2) is 35.7 Å². The van der Waals surface area contributed by atoms with Crippen LogP contribution >= 0.6 is 11.3 Å². The highest BCUT2D eigenvalue weighted by atomic mass is 32.1. The maximum atomic E-state index is 12.4. The van der Waals surface area contributed by atoms with Gasteiger partial charge < -0.3 is 15.7 Å².